The van der Waals surface area contributed by atoms with E-state index in [4.69, 9.17) is 20.9 Å². The Morgan fingerprint density at radius 1 is 1.12 bits per heavy atom. The van der Waals surface area contributed by atoms with Crippen LogP contribution in [0.3, 0.4) is 0 Å². The van der Waals surface area contributed by atoms with Crippen LogP contribution in [0.15, 0.2) is 57.8 Å². The third-order valence-corrected chi connectivity index (χ3v) is 5.71. The van der Waals surface area contributed by atoms with E-state index in [2.05, 4.69) is 15.5 Å². The first kappa shape index (κ1) is 23.3. The highest BCUT2D eigenvalue weighted by molar-refractivity contribution is 6.33. The molecule has 2 heterocycles. The van der Waals surface area contributed by atoms with E-state index in [1.54, 1.807) is 63.4 Å². The first-order valence-corrected chi connectivity index (χ1v) is 10.9. The molecule has 2 aromatic heterocycles. The van der Waals surface area contributed by atoms with Gasteiger partial charge in [-0.2, -0.15) is 4.98 Å². The number of ether oxygens (including phenoxy) is 1. The predicted molar refractivity (Wildman–Crippen MR) is 130 cm³/mol. The van der Waals surface area contributed by atoms with Gasteiger partial charge in [-0.15, -0.1) is 0 Å². The molecule has 1 amide bonds. The number of halogens is 1. The van der Waals surface area contributed by atoms with E-state index in [1.165, 1.54) is 4.57 Å². The third-order valence-electron chi connectivity index (χ3n) is 5.39. The van der Waals surface area contributed by atoms with Gasteiger partial charge in [-0.05, 0) is 74.4 Å². The van der Waals surface area contributed by atoms with E-state index in [0.29, 0.717) is 33.5 Å². The summed E-state index contributed by atoms with van der Waals surface area (Å²) in [5.74, 6) is 0.754. The van der Waals surface area contributed by atoms with Gasteiger partial charge in [-0.25, -0.2) is 0 Å². The summed E-state index contributed by atoms with van der Waals surface area (Å²) in [6, 6.07) is 14.3. The number of nitrogens with zero attached hydrogens (tertiary/aromatic N) is 3. The Hall–Kier alpha value is -3.91. The second-order valence-electron chi connectivity index (χ2n) is 7.92. The van der Waals surface area contributed by atoms with Gasteiger partial charge in [0, 0.05) is 11.3 Å². The number of methoxy groups -OCH3 is 1. The molecule has 0 aliphatic carbocycles. The fourth-order valence-corrected chi connectivity index (χ4v) is 3.90. The van der Waals surface area contributed by atoms with E-state index in [-0.39, 0.29) is 23.9 Å². The zero-order valence-electron chi connectivity index (χ0n) is 19.2. The molecule has 34 heavy (non-hydrogen) atoms. The lowest BCUT2D eigenvalue weighted by Gasteiger charge is -2.14. The Morgan fingerprint density at radius 2 is 1.85 bits per heavy atom. The number of amides is 1. The number of aryl methyl sites for hydroxylation is 3. The Balaban J connectivity index is 1.63. The molecule has 0 atom stereocenters. The van der Waals surface area contributed by atoms with Crippen molar-refractivity contribution in [2.75, 3.05) is 12.4 Å². The number of carbonyl (C=O) groups excluding carboxylic acids is 1. The van der Waals surface area contributed by atoms with Gasteiger partial charge in [0.15, 0.2) is 0 Å². The number of hydrogen-bond acceptors (Lipinski definition) is 6. The largest absolute Gasteiger partial charge is 0.497 e. The van der Waals surface area contributed by atoms with Crippen molar-refractivity contribution in [2.45, 2.75) is 27.3 Å². The molecule has 4 aromatic rings. The van der Waals surface area contributed by atoms with Crippen molar-refractivity contribution >= 4 is 23.2 Å². The van der Waals surface area contributed by atoms with Crippen molar-refractivity contribution < 1.29 is 14.1 Å². The van der Waals surface area contributed by atoms with Crippen LogP contribution in [-0.4, -0.2) is 27.7 Å². The third kappa shape index (κ3) is 4.72. The number of nitrogens with one attached hydrogen (secondary N) is 1. The zero-order valence-corrected chi connectivity index (χ0v) is 19.9. The fraction of sp³-hybridized carbons (Fsp3) is 0.200. The van der Waals surface area contributed by atoms with Gasteiger partial charge in [0.2, 0.25) is 11.7 Å². The lowest BCUT2D eigenvalue weighted by Crippen LogP contribution is -2.30. The number of rotatable bonds is 6. The lowest BCUT2D eigenvalue weighted by molar-refractivity contribution is -0.116. The number of hydrogen-bond donors (Lipinski definition) is 1. The van der Waals surface area contributed by atoms with Gasteiger partial charge in [0.25, 0.3) is 11.4 Å². The average molecular weight is 479 g/mol. The minimum atomic E-state index is -0.396. The minimum Gasteiger partial charge on any atom is -0.497 e. The molecule has 8 nitrogen and oxygen atoms in total. The van der Waals surface area contributed by atoms with Gasteiger partial charge in [-0.1, -0.05) is 22.8 Å². The molecule has 2 aromatic carbocycles. The van der Waals surface area contributed by atoms with Crippen molar-refractivity contribution in [3.8, 4) is 28.6 Å². The van der Waals surface area contributed by atoms with Crippen molar-refractivity contribution in [3.63, 3.8) is 0 Å². The van der Waals surface area contributed by atoms with Crippen molar-refractivity contribution in [1.82, 2.24) is 14.7 Å². The summed E-state index contributed by atoms with van der Waals surface area (Å²) < 4.78 is 12.0. The number of anilines is 1. The Kier molecular flexibility index (Phi) is 6.51. The summed E-state index contributed by atoms with van der Waals surface area (Å²) in [7, 11) is 1.59. The summed E-state index contributed by atoms with van der Waals surface area (Å²) in [6.07, 6.45) is 0. The number of aromatic nitrogens is 3. The molecule has 0 spiro atoms. The van der Waals surface area contributed by atoms with Gasteiger partial charge in [0.05, 0.1) is 17.8 Å². The summed E-state index contributed by atoms with van der Waals surface area (Å²) in [4.78, 5) is 30.5. The summed E-state index contributed by atoms with van der Waals surface area (Å²) >= 11 is 6.22. The summed E-state index contributed by atoms with van der Waals surface area (Å²) in [5, 5.41) is 7.20. The standard InChI is InChI=1S/C25H23ClN4O4/c1-14-5-10-20(19(26)11-14)27-21(31)13-30-16(3)12-15(2)22(25(30)32)24-28-23(29-34-24)17-6-8-18(33-4)9-7-17/h5-12H,13H2,1-4H3,(H,27,31). The first-order valence-electron chi connectivity index (χ1n) is 10.5. The van der Waals surface area contributed by atoms with E-state index in [0.717, 1.165) is 11.1 Å². The van der Waals surface area contributed by atoms with Crippen LogP contribution in [0.1, 0.15) is 16.8 Å². The fourth-order valence-electron chi connectivity index (χ4n) is 3.62. The molecule has 0 saturated heterocycles. The molecule has 1 N–H and O–H groups in total. The quantitative estimate of drug-likeness (QED) is 0.427. The second-order valence-corrected chi connectivity index (χ2v) is 8.33. The van der Waals surface area contributed by atoms with Crippen LogP contribution in [-0.2, 0) is 11.3 Å². The highest BCUT2D eigenvalue weighted by atomic mass is 35.5. The molecular weight excluding hydrogens is 456 g/mol. The first-order chi connectivity index (χ1) is 16.3. The zero-order chi connectivity index (χ0) is 24.4. The highest BCUT2D eigenvalue weighted by Gasteiger charge is 2.20. The van der Waals surface area contributed by atoms with E-state index in [9.17, 15) is 9.59 Å². The molecule has 0 radical (unpaired) electrons. The highest BCUT2D eigenvalue weighted by Crippen LogP contribution is 2.25. The maximum Gasteiger partial charge on any atom is 0.264 e. The Bertz CT molecular complexity index is 1420. The van der Waals surface area contributed by atoms with Gasteiger partial charge >= 0.3 is 0 Å². The monoisotopic (exact) mass is 478 g/mol. The number of pyridine rings is 1. The van der Waals surface area contributed by atoms with Crippen LogP contribution in [0.4, 0.5) is 5.69 Å². The minimum absolute atomic E-state index is 0.0871. The molecule has 0 saturated carbocycles. The Labute approximate surface area is 201 Å². The maximum absolute atomic E-state index is 13.4. The maximum atomic E-state index is 13.4. The normalized spacial score (nSPS) is 10.9. The van der Waals surface area contributed by atoms with Crippen LogP contribution < -0.4 is 15.6 Å². The molecule has 0 unspecified atom stereocenters. The molecule has 0 bridgehead atoms. The van der Waals surface area contributed by atoms with Crippen molar-refractivity contribution in [1.29, 1.82) is 0 Å². The molecular formula is C25H23ClN4O4. The van der Waals surface area contributed by atoms with Crippen LogP contribution in [0, 0.1) is 20.8 Å². The summed E-state index contributed by atoms with van der Waals surface area (Å²) in [6.45, 7) is 5.27. The Morgan fingerprint density at radius 3 is 2.53 bits per heavy atom. The average Bonchev–Trinajstić information content (AvgIpc) is 3.28. The molecule has 0 aliphatic heterocycles. The molecule has 0 fully saturated rings. The smallest absolute Gasteiger partial charge is 0.264 e. The lowest BCUT2D eigenvalue weighted by atomic mass is 10.1. The van der Waals surface area contributed by atoms with Crippen LogP contribution in [0.5, 0.6) is 5.75 Å². The second kappa shape index (κ2) is 9.52. The molecule has 174 valence electrons. The SMILES string of the molecule is COc1ccc(-c2noc(-c3c(C)cc(C)n(CC(=O)Nc4ccc(C)cc4Cl)c3=O)n2)cc1. The summed E-state index contributed by atoms with van der Waals surface area (Å²) in [5.41, 5.74) is 3.34. The number of carbonyl (C=O) groups is 1. The van der Waals surface area contributed by atoms with Crippen LogP contribution >= 0.6 is 11.6 Å². The van der Waals surface area contributed by atoms with Gasteiger partial charge in [0.1, 0.15) is 17.9 Å². The predicted octanol–water partition coefficient (Wildman–Crippen LogP) is 4.79. The molecule has 0 aliphatic rings. The molecule has 9 heteroatoms. The van der Waals surface area contributed by atoms with E-state index < -0.39 is 5.56 Å². The van der Waals surface area contributed by atoms with Gasteiger partial charge in [-0.3, -0.25) is 9.59 Å². The topological polar surface area (TPSA) is 99.3 Å². The number of benzene rings is 2. The van der Waals surface area contributed by atoms with Crippen LogP contribution in [0.2, 0.25) is 5.02 Å². The van der Waals surface area contributed by atoms with E-state index in [1.807, 2.05) is 13.0 Å². The van der Waals surface area contributed by atoms with Crippen molar-refractivity contribution in [2.24, 2.45) is 0 Å². The van der Waals surface area contributed by atoms with E-state index >= 15 is 0 Å². The van der Waals surface area contributed by atoms with Crippen LogP contribution in [0.25, 0.3) is 22.8 Å². The molecule has 4 rings (SSSR count). The van der Waals surface area contributed by atoms with Gasteiger partial charge < -0.3 is 19.1 Å². The van der Waals surface area contributed by atoms with Crippen molar-refractivity contribution in [3.05, 3.63) is 80.7 Å².